The Bertz CT molecular complexity index is 1060. The Kier molecular flexibility index (Phi) is 8.23. The molecule has 2 saturated heterocycles. The van der Waals surface area contributed by atoms with E-state index in [1.165, 1.54) is 19.3 Å². The van der Waals surface area contributed by atoms with Crippen LogP contribution < -0.4 is 10.9 Å². The molecule has 2 amide bonds. The molecule has 2 fully saturated rings. The second-order valence-corrected chi connectivity index (χ2v) is 9.18. The Balaban J connectivity index is 1.34. The van der Waals surface area contributed by atoms with Crippen LogP contribution in [0.3, 0.4) is 0 Å². The summed E-state index contributed by atoms with van der Waals surface area (Å²) in [5.74, 6) is -0.157. The molecule has 10 heteroatoms. The molecule has 0 aliphatic carbocycles. The molecule has 10 nitrogen and oxygen atoms in total. The highest BCUT2D eigenvalue weighted by molar-refractivity contribution is 5.85. The number of carbonyl (C=O) groups is 2. The van der Waals surface area contributed by atoms with Gasteiger partial charge in [-0.25, -0.2) is 4.68 Å². The van der Waals surface area contributed by atoms with Crippen LogP contribution in [-0.2, 0) is 20.9 Å². The minimum Gasteiger partial charge on any atom is -0.383 e. The van der Waals surface area contributed by atoms with Crippen LogP contribution in [-0.4, -0.2) is 89.1 Å². The van der Waals surface area contributed by atoms with Gasteiger partial charge in [-0.2, -0.15) is 0 Å². The van der Waals surface area contributed by atoms with E-state index in [4.69, 9.17) is 4.74 Å². The fourth-order valence-electron chi connectivity index (χ4n) is 5.20. The number of carbonyl (C=O) groups excluding carboxylic acids is 2. The van der Waals surface area contributed by atoms with Crippen LogP contribution in [0.15, 0.2) is 29.1 Å². The number of nitrogens with zero attached hydrogens (tertiary/aromatic N) is 5. The summed E-state index contributed by atoms with van der Waals surface area (Å²) in [4.78, 5) is 42.5. The summed E-state index contributed by atoms with van der Waals surface area (Å²) < 4.78 is 6.24. The molecule has 0 bridgehead atoms. The largest absolute Gasteiger partial charge is 0.383 e. The molecule has 3 heterocycles. The van der Waals surface area contributed by atoms with Crippen LogP contribution >= 0.6 is 0 Å². The highest BCUT2D eigenvalue weighted by Gasteiger charge is 2.34. The lowest BCUT2D eigenvalue weighted by atomic mass is 9.83. The van der Waals surface area contributed by atoms with Gasteiger partial charge >= 0.3 is 0 Å². The predicted octanol–water partition coefficient (Wildman–Crippen LogP) is 0.647. The zero-order chi connectivity index (χ0) is 23.9. The Morgan fingerprint density at radius 3 is 2.85 bits per heavy atom. The van der Waals surface area contributed by atoms with Gasteiger partial charge in [0.2, 0.25) is 11.8 Å². The quantitative estimate of drug-likeness (QED) is 0.573. The minimum atomic E-state index is -0.456. The van der Waals surface area contributed by atoms with E-state index in [9.17, 15) is 14.4 Å². The molecular weight excluding hydrogens is 436 g/mol. The van der Waals surface area contributed by atoms with E-state index in [1.807, 2.05) is 4.90 Å². The fourth-order valence-corrected chi connectivity index (χ4v) is 5.20. The summed E-state index contributed by atoms with van der Waals surface area (Å²) in [6.07, 6.45) is 5.97. The van der Waals surface area contributed by atoms with Gasteiger partial charge in [0.05, 0.1) is 18.5 Å². The van der Waals surface area contributed by atoms with Gasteiger partial charge in [-0.1, -0.05) is 23.8 Å². The number of hydrogen-bond acceptors (Lipinski definition) is 7. The SMILES string of the molecule is COCCN(C[C@@H]1CCCN2CCCC[C@H]12)C(=O)CNC(=O)Cn1nnc2ccccc2c1=O. The molecule has 0 saturated carbocycles. The fraction of sp³-hybridized carbons (Fsp3) is 0.625. The van der Waals surface area contributed by atoms with Gasteiger partial charge in [0, 0.05) is 26.2 Å². The first-order chi connectivity index (χ1) is 16.6. The van der Waals surface area contributed by atoms with E-state index >= 15 is 0 Å². The molecule has 184 valence electrons. The molecule has 1 aromatic carbocycles. The maximum atomic E-state index is 13.0. The number of methoxy groups -OCH3 is 1. The van der Waals surface area contributed by atoms with E-state index in [0.717, 1.165) is 30.6 Å². The summed E-state index contributed by atoms with van der Waals surface area (Å²) in [5, 5.41) is 10.9. The van der Waals surface area contributed by atoms with Crippen LogP contribution in [0.1, 0.15) is 32.1 Å². The molecule has 2 aliphatic rings. The topological polar surface area (TPSA) is 110 Å². The average molecular weight is 471 g/mol. The van der Waals surface area contributed by atoms with Crippen molar-refractivity contribution in [1.82, 2.24) is 30.1 Å². The van der Waals surface area contributed by atoms with Crippen molar-refractivity contribution in [2.24, 2.45) is 5.92 Å². The minimum absolute atomic E-state index is 0.126. The van der Waals surface area contributed by atoms with Crippen molar-refractivity contribution in [2.75, 3.05) is 46.4 Å². The summed E-state index contributed by atoms with van der Waals surface area (Å²) >= 11 is 0. The number of amides is 2. The molecule has 4 rings (SSSR count). The van der Waals surface area contributed by atoms with Crippen molar-refractivity contribution in [1.29, 1.82) is 0 Å². The van der Waals surface area contributed by atoms with E-state index in [2.05, 4.69) is 20.5 Å². The lowest BCUT2D eigenvalue weighted by molar-refractivity contribution is -0.134. The highest BCUT2D eigenvalue weighted by Crippen LogP contribution is 2.31. The van der Waals surface area contributed by atoms with E-state index in [1.54, 1.807) is 31.4 Å². The first-order valence-electron chi connectivity index (χ1n) is 12.2. The number of aromatic nitrogens is 3. The third kappa shape index (κ3) is 5.79. The third-order valence-electron chi connectivity index (χ3n) is 6.96. The number of ether oxygens (including phenoxy) is 1. The number of piperidine rings is 2. The standard InChI is InChI=1S/C24H34N6O4/c1-34-14-13-29(16-18-7-6-12-28-11-5-4-10-21(18)28)23(32)15-25-22(31)17-30-24(33)19-8-2-3-9-20(19)26-27-30/h2-3,8-9,18,21H,4-7,10-17H2,1H3,(H,25,31)/t18-,21+/m0/s1. The molecule has 0 unspecified atom stereocenters. The van der Waals surface area contributed by atoms with Crippen LogP contribution in [0, 0.1) is 5.92 Å². The summed E-state index contributed by atoms with van der Waals surface area (Å²) in [5.41, 5.74) is 0.0931. The summed E-state index contributed by atoms with van der Waals surface area (Å²) in [6, 6.07) is 7.39. The van der Waals surface area contributed by atoms with Gasteiger partial charge in [0.1, 0.15) is 12.1 Å². The number of fused-ring (bicyclic) bond motifs is 2. The van der Waals surface area contributed by atoms with Gasteiger partial charge in [-0.15, -0.1) is 5.10 Å². The Morgan fingerprint density at radius 1 is 1.18 bits per heavy atom. The number of benzene rings is 1. The van der Waals surface area contributed by atoms with Crippen LogP contribution in [0.5, 0.6) is 0 Å². The van der Waals surface area contributed by atoms with Gasteiger partial charge in [-0.05, 0) is 56.8 Å². The molecule has 2 aliphatic heterocycles. The van der Waals surface area contributed by atoms with Crippen molar-refractivity contribution < 1.29 is 14.3 Å². The molecule has 2 aromatic rings. The number of hydrogen-bond donors (Lipinski definition) is 1. The van der Waals surface area contributed by atoms with Crippen molar-refractivity contribution >= 4 is 22.7 Å². The lowest BCUT2D eigenvalue weighted by Crippen LogP contribution is -2.53. The summed E-state index contributed by atoms with van der Waals surface area (Å²) in [6.45, 7) is 3.50. The number of nitrogens with one attached hydrogen (secondary N) is 1. The molecule has 34 heavy (non-hydrogen) atoms. The van der Waals surface area contributed by atoms with E-state index in [0.29, 0.717) is 42.6 Å². The molecule has 1 N–H and O–H groups in total. The van der Waals surface area contributed by atoms with Gasteiger partial charge in [0.15, 0.2) is 0 Å². The van der Waals surface area contributed by atoms with Gasteiger partial charge < -0.3 is 19.9 Å². The maximum absolute atomic E-state index is 13.0. The third-order valence-corrected chi connectivity index (χ3v) is 6.96. The first kappa shape index (κ1) is 24.3. The molecule has 0 spiro atoms. The van der Waals surface area contributed by atoms with Crippen molar-refractivity contribution in [3.8, 4) is 0 Å². The number of rotatable bonds is 9. The van der Waals surface area contributed by atoms with E-state index < -0.39 is 5.91 Å². The first-order valence-corrected chi connectivity index (χ1v) is 12.2. The van der Waals surface area contributed by atoms with Crippen molar-refractivity contribution in [3.63, 3.8) is 0 Å². The Morgan fingerprint density at radius 2 is 2.00 bits per heavy atom. The zero-order valence-corrected chi connectivity index (χ0v) is 19.8. The Hall–Kier alpha value is -2.85. The summed E-state index contributed by atoms with van der Waals surface area (Å²) in [7, 11) is 1.62. The Labute approximate surface area is 199 Å². The molecular formula is C24H34N6O4. The average Bonchev–Trinajstić information content (AvgIpc) is 2.87. The van der Waals surface area contributed by atoms with E-state index in [-0.39, 0.29) is 24.6 Å². The van der Waals surface area contributed by atoms with Crippen molar-refractivity contribution in [3.05, 3.63) is 34.6 Å². The van der Waals surface area contributed by atoms with Gasteiger partial charge in [-0.3, -0.25) is 14.4 Å². The van der Waals surface area contributed by atoms with Crippen LogP contribution in [0.4, 0.5) is 0 Å². The van der Waals surface area contributed by atoms with Crippen LogP contribution in [0.2, 0.25) is 0 Å². The molecule has 0 radical (unpaired) electrons. The monoisotopic (exact) mass is 470 g/mol. The maximum Gasteiger partial charge on any atom is 0.278 e. The second kappa shape index (κ2) is 11.5. The van der Waals surface area contributed by atoms with Crippen LogP contribution in [0.25, 0.3) is 10.9 Å². The lowest BCUT2D eigenvalue weighted by Gasteiger charge is -2.45. The highest BCUT2D eigenvalue weighted by atomic mass is 16.5. The van der Waals surface area contributed by atoms with Crippen molar-refractivity contribution in [2.45, 2.75) is 44.7 Å². The smallest absolute Gasteiger partial charge is 0.278 e. The zero-order valence-electron chi connectivity index (χ0n) is 19.8. The van der Waals surface area contributed by atoms with Gasteiger partial charge in [0.25, 0.3) is 5.56 Å². The molecule has 2 atom stereocenters. The normalized spacial score (nSPS) is 20.6. The molecule has 1 aromatic heterocycles. The predicted molar refractivity (Wildman–Crippen MR) is 127 cm³/mol. The second-order valence-electron chi connectivity index (χ2n) is 9.18.